The summed E-state index contributed by atoms with van der Waals surface area (Å²) in [5.74, 6) is 0. The van der Waals surface area contributed by atoms with Gasteiger partial charge in [0, 0.05) is 6.54 Å². The van der Waals surface area contributed by atoms with Crippen molar-refractivity contribution in [1.29, 1.82) is 0 Å². The van der Waals surface area contributed by atoms with E-state index >= 15 is 0 Å². The Morgan fingerprint density at radius 2 is 1.88 bits per heavy atom. The zero-order chi connectivity index (χ0) is 11.6. The molecule has 0 aromatic heterocycles. The largest absolute Gasteiger partial charge is 0.357 e. The summed E-state index contributed by atoms with van der Waals surface area (Å²) in [5.41, 5.74) is 0.557. The number of nitrogens with one attached hydrogen (secondary N) is 1. The summed E-state index contributed by atoms with van der Waals surface area (Å²) in [5, 5.41) is 3.64. The third kappa shape index (κ3) is 2.78. The van der Waals surface area contributed by atoms with E-state index in [0.29, 0.717) is 11.5 Å². The van der Waals surface area contributed by atoms with Gasteiger partial charge in [0.2, 0.25) is 0 Å². The monoisotopic (exact) mass is 225 g/mol. The van der Waals surface area contributed by atoms with E-state index in [-0.39, 0.29) is 5.72 Å². The lowest BCUT2D eigenvalue weighted by Gasteiger charge is -2.48. The van der Waals surface area contributed by atoms with E-state index in [4.69, 9.17) is 4.74 Å². The molecule has 2 rings (SSSR count). The van der Waals surface area contributed by atoms with Gasteiger partial charge >= 0.3 is 0 Å². The Bertz CT molecular complexity index is 225. The van der Waals surface area contributed by atoms with Gasteiger partial charge in [0.25, 0.3) is 0 Å². The van der Waals surface area contributed by atoms with Crippen molar-refractivity contribution in [1.82, 2.24) is 5.32 Å². The van der Waals surface area contributed by atoms with E-state index in [2.05, 4.69) is 26.1 Å². The number of hydrogen-bond donors (Lipinski definition) is 1. The molecular formula is C14H27NO. The first-order chi connectivity index (χ1) is 7.55. The minimum Gasteiger partial charge on any atom is -0.357 e. The Balaban J connectivity index is 1.93. The van der Waals surface area contributed by atoms with Gasteiger partial charge in [0.1, 0.15) is 5.72 Å². The van der Waals surface area contributed by atoms with E-state index in [9.17, 15) is 0 Å². The van der Waals surface area contributed by atoms with Crippen molar-refractivity contribution in [3.05, 3.63) is 0 Å². The fraction of sp³-hybridized carbons (Fsp3) is 1.00. The number of ether oxygens (including phenoxy) is 1. The molecule has 1 saturated carbocycles. The predicted molar refractivity (Wildman–Crippen MR) is 67.4 cm³/mol. The van der Waals surface area contributed by atoms with Gasteiger partial charge in [-0.1, -0.05) is 27.2 Å². The lowest BCUT2D eigenvalue weighted by Crippen LogP contribution is -2.57. The van der Waals surface area contributed by atoms with Gasteiger partial charge in [0.05, 0.1) is 6.10 Å². The minimum absolute atomic E-state index is 0.0353. The highest BCUT2D eigenvalue weighted by Gasteiger charge is 2.42. The maximum Gasteiger partial charge on any atom is 0.119 e. The molecule has 1 unspecified atom stereocenters. The molecule has 0 aromatic rings. The number of hydrogen-bond acceptors (Lipinski definition) is 2. The Hall–Kier alpha value is -0.0800. The van der Waals surface area contributed by atoms with Gasteiger partial charge in [0.15, 0.2) is 0 Å². The van der Waals surface area contributed by atoms with E-state index < -0.39 is 0 Å². The summed E-state index contributed by atoms with van der Waals surface area (Å²) in [6.07, 6.45) is 9.14. The summed E-state index contributed by atoms with van der Waals surface area (Å²) >= 11 is 0. The molecule has 2 aliphatic rings. The van der Waals surface area contributed by atoms with Crippen molar-refractivity contribution < 1.29 is 4.74 Å². The van der Waals surface area contributed by atoms with Crippen LogP contribution in [0.1, 0.15) is 65.7 Å². The molecule has 1 saturated heterocycles. The lowest BCUT2D eigenvalue weighted by atomic mass is 9.73. The van der Waals surface area contributed by atoms with Gasteiger partial charge in [-0.15, -0.1) is 0 Å². The molecule has 1 spiro atoms. The molecule has 1 aliphatic heterocycles. The standard InChI is InChI=1S/C14H27NO/c1-4-5-12-6-11-15-14(16-12)9-7-13(2,3)8-10-14/h12,15H,4-11H2,1-3H3. The summed E-state index contributed by atoms with van der Waals surface area (Å²) < 4.78 is 6.34. The summed E-state index contributed by atoms with van der Waals surface area (Å²) in [4.78, 5) is 0. The van der Waals surface area contributed by atoms with Crippen molar-refractivity contribution in [2.24, 2.45) is 5.41 Å². The fourth-order valence-corrected chi connectivity index (χ4v) is 3.03. The van der Waals surface area contributed by atoms with E-state index in [1.165, 1.54) is 44.9 Å². The van der Waals surface area contributed by atoms with Crippen LogP contribution in [-0.2, 0) is 4.74 Å². The van der Waals surface area contributed by atoms with Crippen LogP contribution < -0.4 is 5.32 Å². The fourth-order valence-electron chi connectivity index (χ4n) is 3.03. The Labute approximate surface area is 100 Å². The predicted octanol–water partition coefficient (Wildman–Crippen LogP) is 3.46. The van der Waals surface area contributed by atoms with E-state index in [1.807, 2.05) is 0 Å². The van der Waals surface area contributed by atoms with Crippen LogP contribution >= 0.6 is 0 Å². The molecule has 1 aliphatic carbocycles. The molecule has 0 bridgehead atoms. The maximum absolute atomic E-state index is 6.34. The first-order valence-corrected chi connectivity index (χ1v) is 6.98. The highest BCUT2D eigenvalue weighted by atomic mass is 16.5. The highest BCUT2D eigenvalue weighted by molar-refractivity contribution is 4.91. The average molecular weight is 225 g/mol. The van der Waals surface area contributed by atoms with Crippen molar-refractivity contribution in [2.75, 3.05) is 6.54 Å². The van der Waals surface area contributed by atoms with Gasteiger partial charge < -0.3 is 4.74 Å². The molecule has 1 heterocycles. The second kappa shape index (κ2) is 4.66. The van der Waals surface area contributed by atoms with Gasteiger partial charge in [-0.2, -0.15) is 0 Å². The van der Waals surface area contributed by atoms with Gasteiger partial charge in [-0.25, -0.2) is 0 Å². The molecule has 1 atom stereocenters. The second-order valence-corrected chi connectivity index (χ2v) is 6.40. The van der Waals surface area contributed by atoms with Crippen molar-refractivity contribution in [2.45, 2.75) is 77.5 Å². The van der Waals surface area contributed by atoms with Gasteiger partial charge in [-0.3, -0.25) is 5.32 Å². The molecule has 2 fully saturated rings. The van der Waals surface area contributed by atoms with Crippen LogP contribution in [0.5, 0.6) is 0 Å². The zero-order valence-corrected chi connectivity index (χ0v) is 11.1. The van der Waals surface area contributed by atoms with E-state index in [0.717, 1.165) is 6.54 Å². The SMILES string of the molecule is CCCC1CCNC2(CCC(C)(C)CC2)O1. The average Bonchev–Trinajstić information content (AvgIpc) is 2.25. The quantitative estimate of drug-likeness (QED) is 0.777. The van der Waals surface area contributed by atoms with Crippen LogP contribution in [0.25, 0.3) is 0 Å². The third-order valence-corrected chi connectivity index (χ3v) is 4.33. The van der Waals surface area contributed by atoms with Crippen LogP contribution in [-0.4, -0.2) is 18.4 Å². The molecule has 0 aromatic carbocycles. The normalized spacial score (nSPS) is 32.8. The smallest absolute Gasteiger partial charge is 0.119 e. The van der Waals surface area contributed by atoms with Crippen LogP contribution in [0.4, 0.5) is 0 Å². The molecule has 94 valence electrons. The summed E-state index contributed by atoms with van der Waals surface area (Å²) in [6.45, 7) is 8.16. The maximum atomic E-state index is 6.34. The Kier molecular flexibility index (Phi) is 3.60. The molecule has 2 nitrogen and oxygen atoms in total. The molecule has 2 heteroatoms. The molecular weight excluding hydrogens is 198 g/mol. The third-order valence-electron chi connectivity index (χ3n) is 4.33. The highest BCUT2D eigenvalue weighted by Crippen LogP contribution is 2.42. The van der Waals surface area contributed by atoms with E-state index in [1.54, 1.807) is 0 Å². The van der Waals surface area contributed by atoms with Crippen LogP contribution in [0.2, 0.25) is 0 Å². The molecule has 16 heavy (non-hydrogen) atoms. The molecule has 0 amide bonds. The van der Waals surface area contributed by atoms with Crippen molar-refractivity contribution >= 4 is 0 Å². The first kappa shape index (κ1) is 12.4. The first-order valence-electron chi connectivity index (χ1n) is 6.98. The summed E-state index contributed by atoms with van der Waals surface area (Å²) in [6, 6.07) is 0. The molecule has 0 radical (unpaired) electrons. The molecule has 1 N–H and O–H groups in total. The lowest BCUT2D eigenvalue weighted by molar-refractivity contribution is -0.171. The van der Waals surface area contributed by atoms with Gasteiger partial charge in [-0.05, 0) is 43.9 Å². The Morgan fingerprint density at radius 1 is 1.19 bits per heavy atom. The van der Waals surface area contributed by atoms with Crippen LogP contribution in [0.15, 0.2) is 0 Å². The van der Waals surface area contributed by atoms with Crippen LogP contribution in [0.3, 0.4) is 0 Å². The number of rotatable bonds is 2. The minimum atomic E-state index is 0.0353. The topological polar surface area (TPSA) is 21.3 Å². The van der Waals surface area contributed by atoms with Crippen molar-refractivity contribution in [3.8, 4) is 0 Å². The van der Waals surface area contributed by atoms with Crippen molar-refractivity contribution in [3.63, 3.8) is 0 Å². The zero-order valence-electron chi connectivity index (χ0n) is 11.1. The Morgan fingerprint density at radius 3 is 2.50 bits per heavy atom. The second-order valence-electron chi connectivity index (χ2n) is 6.40. The van der Waals surface area contributed by atoms with Crippen LogP contribution in [0, 0.1) is 5.41 Å². The summed E-state index contributed by atoms with van der Waals surface area (Å²) in [7, 11) is 0.